The van der Waals surface area contributed by atoms with Crippen molar-refractivity contribution in [3.8, 4) is 0 Å². The van der Waals surface area contributed by atoms with Gasteiger partial charge in [0.1, 0.15) is 0 Å². The van der Waals surface area contributed by atoms with E-state index in [2.05, 4.69) is 30.8 Å². The van der Waals surface area contributed by atoms with Crippen LogP contribution in [0.1, 0.15) is 40.2 Å². The first-order valence-corrected chi connectivity index (χ1v) is 9.09. The molecule has 1 rings (SSSR count). The normalized spacial score (nSPS) is 13.9. The minimum atomic E-state index is -3.40. The van der Waals surface area contributed by atoms with Crippen molar-refractivity contribution in [3.05, 3.63) is 29.8 Å². The highest BCUT2D eigenvalue weighted by Crippen LogP contribution is 2.14. The molecule has 0 aliphatic heterocycles. The molecule has 0 fully saturated rings. The monoisotopic (exact) mass is 312 g/mol. The molecule has 0 aliphatic rings. The molecule has 1 atom stereocenters. The summed E-state index contributed by atoms with van der Waals surface area (Å²) in [5, 5.41) is 3.47. The van der Waals surface area contributed by atoms with E-state index in [0.717, 1.165) is 18.5 Å². The van der Waals surface area contributed by atoms with Gasteiger partial charge in [0.25, 0.3) is 0 Å². The molecule has 0 spiro atoms. The molecule has 5 heteroatoms. The van der Waals surface area contributed by atoms with E-state index in [4.69, 9.17) is 0 Å². The number of likely N-dealkylation sites (N-methyl/N-ethyl adjacent to an activating group) is 1. The SMILES string of the molecule is CCNC(Cc1ccc(S(=O)(=O)NC(C)C)cc1)C(C)C. The zero-order valence-corrected chi connectivity index (χ0v) is 14.5. The fourth-order valence-corrected chi connectivity index (χ4v) is 3.49. The molecule has 1 aromatic carbocycles. The molecule has 0 aromatic heterocycles. The fourth-order valence-electron chi connectivity index (χ4n) is 2.24. The van der Waals surface area contributed by atoms with Gasteiger partial charge in [0.15, 0.2) is 0 Å². The number of hydrogen-bond acceptors (Lipinski definition) is 3. The molecule has 21 heavy (non-hydrogen) atoms. The van der Waals surface area contributed by atoms with Gasteiger partial charge in [-0.15, -0.1) is 0 Å². The maximum absolute atomic E-state index is 12.1. The van der Waals surface area contributed by atoms with Crippen LogP contribution in [-0.2, 0) is 16.4 Å². The largest absolute Gasteiger partial charge is 0.314 e. The highest BCUT2D eigenvalue weighted by Gasteiger charge is 2.16. The first kappa shape index (κ1) is 18.1. The Bertz CT molecular complexity index is 522. The Balaban J connectivity index is 2.83. The van der Waals surface area contributed by atoms with Crippen molar-refractivity contribution in [2.24, 2.45) is 5.92 Å². The second-order valence-electron chi connectivity index (χ2n) is 6.03. The van der Waals surface area contributed by atoms with Gasteiger partial charge in [0, 0.05) is 12.1 Å². The molecular formula is C16H28N2O2S. The van der Waals surface area contributed by atoms with Gasteiger partial charge in [-0.2, -0.15) is 0 Å². The Labute approximate surface area is 129 Å². The van der Waals surface area contributed by atoms with Crippen molar-refractivity contribution in [1.29, 1.82) is 0 Å². The van der Waals surface area contributed by atoms with Gasteiger partial charge in [-0.25, -0.2) is 13.1 Å². The lowest BCUT2D eigenvalue weighted by Gasteiger charge is -2.22. The Morgan fingerprint density at radius 3 is 2.05 bits per heavy atom. The van der Waals surface area contributed by atoms with E-state index in [1.807, 2.05) is 26.0 Å². The molecule has 2 N–H and O–H groups in total. The van der Waals surface area contributed by atoms with Crippen LogP contribution in [0.4, 0.5) is 0 Å². The first-order chi connectivity index (χ1) is 9.76. The maximum atomic E-state index is 12.1. The molecule has 0 saturated carbocycles. The lowest BCUT2D eigenvalue weighted by Crippen LogP contribution is -2.35. The molecule has 0 saturated heterocycles. The molecule has 1 unspecified atom stereocenters. The number of rotatable bonds is 8. The van der Waals surface area contributed by atoms with Crippen LogP contribution < -0.4 is 10.0 Å². The second kappa shape index (κ2) is 7.92. The summed E-state index contributed by atoms with van der Waals surface area (Å²) in [7, 11) is -3.40. The van der Waals surface area contributed by atoms with Gasteiger partial charge in [-0.3, -0.25) is 0 Å². The van der Waals surface area contributed by atoms with Crippen LogP contribution in [0.5, 0.6) is 0 Å². The lowest BCUT2D eigenvalue weighted by molar-refractivity contribution is 0.405. The van der Waals surface area contributed by atoms with Crippen molar-refractivity contribution >= 4 is 10.0 Å². The Kier molecular flexibility index (Phi) is 6.84. The van der Waals surface area contributed by atoms with E-state index in [1.54, 1.807) is 12.1 Å². The van der Waals surface area contributed by atoms with Gasteiger partial charge >= 0.3 is 0 Å². The molecule has 0 aliphatic carbocycles. The smallest absolute Gasteiger partial charge is 0.240 e. The fraction of sp³-hybridized carbons (Fsp3) is 0.625. The average molecular weight is 312 g/mol. The topological polar surface area (TPSA) is 58.2 Å². The third-order valence-corrected chi connectivity index (χ3v) is 5.03. The van der Waals surface area contributed by atoms with Gasteiger partial charge in [-0.05, 0) is 50.4 Å². The third-order valence-electron chi connectivity index (χ3n) is 3.35. The number of hydrogen-bond donors (Lipinski definition) is 2. The van der Waals surface area contributed by atoms with E-state index in [1.165, 1.54) is 0 Å². The lowest BCUT2D eigenvalue weighted by atomic mass is 9.96. The standard InChI is InChI=1S/C16H28N2O2S/c1-6-17-16(12(2)3)11-14-7-9-15(10-8-14)21(19,20)18-13(4)5/h7-10,12-13,16-18H,6,11H2,1-5H3. The third kappa shape index (κ3) is 5.77. The van der Waals surface area contributed by atoms with Crippen LogP contribution in [-0.4, -0.2) is 27.0 Å². The second-order valence-corrected chi connectivity index (χ2v) is 7.75. The summed E-state index contributed by atoms with van der Waals surface area (Å²) < 4.78 is 26.7. The number of nitrogens with one attached hydrogen (secondary N) is 2. The van der Waals surface area contributed by atoms with Crippen LogP contribution in [0.2, 0.25) is 0 Å². The van der Waals surface area contributed by atoms with Crippen molar-refractivity contribution in [3.63, 3.8) is 0 Å². The molecule has 120 valence electrons. The maximum Gasteiger partial charge on any atom is 0.240 e. The van der Waals surface area contributed by atoms with Gasteiger partial charge < -0.3 is 5.32 Å². The molecule has 0 radical (unpaired) electrons. The predicted octanol–water partition coefficient (Wildman–Crippen LogP) is 2.55. The van der Waals surface area contributed by atoms with Crippen LogP contribution in [0.25, 0.3) is 0 Å². The van der Waals surface area contributed by atoms with Gasteiger partial charge in [-0.1, -0.05) is 32.9 Å². The summed E-state index contributed by atoms with van der Waals surface area (Å²) in [4.78, 5) is 0.324. The van der Waals surface area contributed by atoms with Gasteiger partial charge in [0.2, 0.25) is 10.0 Å². The summed E-state index contributed by atoms with van der Waals surface area (Å²) in [5.41, 5.74) is 1.15. The van der Waals surface area contributed by atoms with E-state index < -0.39 is 10.0 Å². The highest BCUT2D eigenvalue weighted by molar-refractivity contribution is 7.89. The zero-order valence-electron chi connectivity index (χ0n) is 13.7. The highest BCUT2D eigenvalue weighted by atomic mass is 32.2. The molecule has 0 heterocycles. The van der Waals surface area contributed by atoms with Crippen LogP contribution in [0, 0.1) is 5.92 Å². The average Bonchev–Trinajstić information content (AvgIpc) is 2.37. The van der Waals surface area contributed by atoms with Crippen LogP contribution in [0.3, 0.4) is 0 Å². The summed E-state index contributed by atoms with van der Waals surface area (Å²) in [6, 6.07) is 7.48. The van der Waals surface area contributed by atoms with Crippen molar-refractivity contribution in [2.75, 3.05) is 6.54 Å². The minimum Gasteiger partial charge on any atom is -0.314 e. The summed E-state index contributed by atoms with van der Waals surface area (Å²) >= 11 is 0. The van der Waals surface area contributed by atoms with Crippen molar-refractivity contribution in [2.45, 2.75) is 58.0 Å². The molecule has 4 nitrogen and oxygen atoms in total. The number of sulfonamides is 1. The van der Waals surface area contributed by atoms with Crippen LogP contribution in [0.15, 0.2) is 29.2 Å². The number of benzene rings is 1. The Hall–Kier alpha value is -0.910. The summed E-state index contributed by atoms with van der Waals surface area (Å²) in [6.45, 7) is 11.1. The van der Waals surface area contributed by atoms with Crippen molar-refractivity contribution in [1.82, 2.24) is 10.0 Å². The molecule has 0 amide bonds. The Morgan fingerprint density at radius 1 is 1.05 bits per heavy atom. The van der Waals surface area contributed by atoms with E-state index >= 15 is 0 Å². The quantitative estimate of drug-likeness (QED) is 0.775. The Morgan fingerprint density at radius 2 is 1.62 bits per heavy atom. The summed E-state index contributed by atoms with van der Waals surface area (Å²) in [6.07, 6.45) is 0.906. The van der Waals surface area contributed by atoms with Gasteiger partial charge in [0.05, 0.1) is 4.90 Å². The van der Waals surface area contributed by atoms with E-state index in [-0.39, 0.29) is 6.04 Å². The summed E-state index contributed by atoms with van der Waals surface area (Å²) in [5.74, 6) is 0.538. The first-order valence-electron chi connectivity index (χ1n) is 7.61. The zero-order chi connectivity index (χ0) is 16.0. The van der Waals surface area contributed by atoms with E-state index in [9.17, 15) is 8.42 Å². The molecule has 0 bridgehead atoms. The molecule has 1 aromatic rings. The minimum absolute atomic E-state index is 0.103. The van der Waals surface area contributed by atoms with E-state index in [0.29, 0.717) is 16.9 Å². The van der Waals surface area contributed by atoms with Crippen molar-refractivity contribution < 1.29 is 8.42 Å². The predicted molar refractivity (Wildman–Crippen MR) is 87.9 cm³/mol. The van der Waals surface area contributed by atoms with Crippen LogP contribution >= 0.6 is 0 Å². The molecular weight excluding hydrogens is 284 g/mol.